The first-order valence-electron chi connectivity index (χ1n) is 18.1. The molecule has 9 heteroatoms. The Kier molecular flexibility index (Phi) is 13.3. The summed E-state index contributed by atoms with van der Waals surface area (Å²) >= 11 is 0. The van der Waals surface area contributed by atoms with Crippen molar-refractivity contribution >= 4 is 20.3 Å². The number of carbonyl (C=O) groups is 2. The van der Waals surface area contributed by atoms with Crippen LogP contribution in [0.1, 0.15) is 76.3 Å². The van der Waals surface area contributed by atoms with E-state index in [0.717, 1.165) is 22.3 Å². The van der Waals surface area contributed by atoms with Crippen molar-refractivity contribution in [3.8, 4) is 5.75 Å². The third kappa shape index (κ3) is 11.5. The van der Waals surface area contributed by atoms with Gasteiger partial charge >= 0.3 is 6.09 Å². The Labute approximate surface area is 306 Å². The zero-order chi connectivity index (χ0) is 37.4. The van der Waals surface area contributed by atoms with Crippen LogP contribution in [0.5, 0.6) is 5.75 Å². The van der Waals surface area contributed by atoms with Crippen molar-refractivity contribution in [1.82, 2.24) is 10.6 Å². The highest BCUT2D eigenvalue weighted by Crippen LogP contribution is 2.39. The summed E-state index contributed by atoms with van der Waals surface area (Å²) in [5.74, 6) is -0.0189. The van der Waals surface area contributed by atoms with Crippen molar-refractivity contribution in [2.45, 2.75) is 115 Å². The lowest BCUT2D eigenvalue weighted by Gasteiger charge is -2.42. The number of fused-ring (bicyclic) bond motifs is 1. The minimum Gasteiger partial charge on any atom is -0.490 e. The normalized spacial score (nSPS) is 17.8. The van der Waals surface area contributed by atoms with Crippen molar-refractivity contribution in [3.63, 3.8) is 0 Å². The highest BCUT2D eigenvalue weighted by molar-refractivity contribution is 6.74. The van der Waals surface area contributed by atoms with Gasteiger partial charge in [0.05, 0.1) is 24.3 Å². The molecular formula is C42H58N2O6Si. The summed E-state index contributed by atoms with van der Waals surface area (Å²) in [5, 5.41) is 17.3. The molecule has 0 aliphatic heterocycles. The number of hydrogen-bond acceptors (Lipinski definition) is 6. The fraction of sp³-hybridized carbons (Fsp3) is 0.476. The van der Waals surface area contributed by atoms with Crippen LogP contribution in [-0.4, -0.2) is 55.9 Å². The van der Waals surface area contributed by atoms with Crippen LogP contribution in [0.15, 0.2) is 91.5 Å². The molecule has 4 rings (SSSR count). The molecular weight excluding hydrogens is 657 g/mol. The zero-order valence-corrected chi connectivity index (χ0v) is 32.7. The van der Waals surface area contributed by atoms with E-state index in [-0.39, 0.29) is 10.9 Å². The van der Waals surface area contributed by atoms with E-state index in [1.54, 1.807) is 6.08 Å². The lowest BCUT2D eigenvalue weighted by molar-refractivity contribution is -0.127. The number of hydrogen-bond donors (Lipinski definition) is 3. The SMILES string of the molecule is C=CCOc1ccc(C[C@H](C[C@H](O[Si](C)(C)C(C)(C)C)[C@H](Cc2ccccc2)NC(=O)OC(C)(C)C)C(=O)N[C@H]2c3ccccc3C[C@H]2O)cc1. The molecule has 0 heterocycles. The molecule has 1 aliphatic carbocycles. The Bertz CT molecular complexity index is 1600. The number of amides is 2. The van der Waals surface area contributed by atoms with Crippen LogP contribution >= 0.6 is 0 Å². The van der Waals surface area contributed by atoms with Crippen LogP contribution in [0, 0.1) is 5.92 Å². The van der Waals surface area contributed by atoms with Crippen LogP contribution in [0.2, 0.25) is 18.1 Å². The molecule has 0 spiro atoms. The maximum Gasteiger partial charge on any atom is 0.407 e. The Morgan fingerprint density at radius 2 is 1.55 bits per heavy atom. The first-order chi connectivity index (χ1) is 24.0. The lowest BCUT2D eigenvalue weighted by Crippen LogP contribution is -2.54. The largest absolute Gasteiger partial charge is 0.490 e. The third-order valence-electron chi connectivity index (χ3n) is 9.86. The summed E-state index contributed by atoms with van der Waals surface area (Å²) in [6.45, 7) is 20.6. The number of nitrogens with one attached hydrogen (secondary N) is 2. The summed E-state index contributed by atoms with van der Waals surface area (Å²) in [6, 6.07) is 24.6. The number of aliphatic hydroxyl groups is 1. The van der Waals surface area contributed by atoms with Gasteiger partial charge in [-0.1, -0.05) is 100 Å². The third-order valence-corrected chi connectivity index (χ3v) is 14.4. The van der Waals surface area contributed by atoms with Gasteiger partial charge in [0.25, 0.3) is 0 Å². The minimum absolute atomic E-state index is 0.134. The van der Waals surface area contributed by atoms with Gasteiger partial charge in [-0.25, -0.2) is 4.79 Å². The maximum atomic E-state index is 14.5. The molecule has 0 aromatic heterocycles. The van der Waals surface area contributed by atoms with Crippen LogP contribution in [-0.2, 0) is 33.2 Å². The van der Waals surface area contributed by atoms with Crippen LogP contribution in [0.4, 0.5) is 4.79 Å². The molecule has 0 bridgehead atoms. The van der Waals surface area contributed by atoms with Crippen molar-refractivity contribution in [3.05, 3.63) is 114 Å². The van der Waals surface area contributed by atoms with Crippen LogP contribution in [0.25, 0.3) is 0 Å². The molecule has 3 aromatic carbocycles. The fourth-order valence-corrected chi connectivity index (χ4v) is 7.57. The van der Waals surface area contributed by atoms with E-state index in [9.17, 15) is 14.7 Å². The fourth-order valence-electron chi connectivity index (χ4n) is 6.20. The van der Waals surface area contributed by atoms with Crippen molar-refractivity contribution < 1.29 is 28.6 Å². The van der Waals surface area contributed by atoms with Gasteiger partial charge in [-0.15, -0.1) is 0 Å². The number of benzene rings is 3. The molecule has 0 saturated heterocycles. The topological polar surface area (TPSA) is 106 Å². The molecule has 0 fully saturated rings. The summed E-state index contributed by atoms with van der Waals surface area (Å²) in [7, 11) is -2.44. The first kappa shape index (κ1) is 39.9. The predicted octanol–water partition coefficient (Wildman–Crippen LogP) is 8.10. The summed E-state index contributed by atoms with van der Waals surface area (Å²) < 4.78 is 18.7. The molecule has 3 aromatic rings. The molecule has 276 valence electrons. The second kappa shape index (κ2) is 17.1. The van der Waals surface area contributed by atoms with Crippen molar-refractivity contribution in [2.75, 3.05) is 6.61 Å². The number of carbonyl (C=O) groups excluding carboxylic acids is 2. The van der Waals surface area contributed by atoms with Gasteiger partial charge in [0.15, 0.2) is 8.32 Å². The monoisotopic (exact) mass is 714 g/mol. The quantitative estimate of drug-likeness (QED) is 0.109. The van der Waals surface area contributed by atoms with Gasteiger partial charge in [0.1, 0.15) is 18.0 Å². The van der Waals surface area contributed by atoms with Crippen LogP contribution in [0.3, 0.4) is 0 Å². The van der Waals surface area contributed by atoms with Crippen LogP contribution < -0.4 is 15.4 Å². The van der Waals surface area contributed by atoms with Gasteiger partial charge in [-0.2, -0.15) is 0 Å². The molecule has 5 atom stereocenters. The molecule has 1 aliphatic rings. The first-order valence-corrected chi connectivity index (χ1v) is 21.0. The molecule has 51 heavy (non-hydrogen) atoms. The van der Waals surface area contributed by atoms with Gasteiger partial charge < -0.3 is 29.6 Å². The van der Waals surface area contributed by atoms with E-state index in [0.29, 0.717) is 38.0 Å². The molecule has 8 nitrogen and oxygen atoms in total. The zero-order valence-electron chi connectivity index (χ0n) is 31.7. The predicted molar refractivity (Wildman–Crippen MR) is 206 cm³/mol. The van der Waals surface area contributed by atoms with Gasteiger partial charge in [-0.05, 0) is 92.6 Å². The number of aliphatic hydroxyl groups excluding tert-OH is 1. The smallest absolute Gasteiger partial charge is 0.407 e. The Morgan fingerprint density at radius 3 is 2.18 bits per heavy atom. The van der Waals surface area contributed by atoms with E-state index < -0.39 is 50.2 Å². The van der Waals surface area contributed by atoms with E-state index in [2.05, 4.69) is 51.1 Å². The highest BCUT2D eigenvalue weighted by atomic mass is 28.4. The number of rotatable bonds is 15. The van der Waals surface area contributed by atoms with E-state index >= 15 is 0 Å². The van der Waals surface area contributed by atoms with Gasteiger partial charge in [0.2, 0.25) is 5.91 Å². The average Bonchev–Trinajstić information content (AvgIpc) is 3.36. The average molecular weight is 715 g/mol. The molecule has 3 N–H and O–H groups in total. The van der Waals surface area contributed by atoms with E-state index in [1.165, 1.54) is 0 Å². The molecule has 2 amide bonds. The van der Waals surface area contributed by atoms with E-state index in [1.807, 2.05) is 99.6 Å². The second-order valence-corrected chi connectivity index (χ2v) is 21.0. The Balaban J connectivity index is 1.74. The van der Waals surface area contributed by atoms with Gasteiger partial charge in [-0.3, -0.25) is 4.79 Å². The number of ether oxygens (including phenoxy) is 2. The Morgan fingerprint density at radius 1 is 0.922 bits per heavy atom. The maximum absolute atomic E-state index is 14.5. The highest BCUT2D eigenvalue weighted by Gasteiger charge is 2.43. The number of alkyl carbamates (subject to hydrolysis) is 1. The molecule has 0 unspecified atom stereocenters. The van der Waals surface area contributed by atoms with Gasteiger partial charge in [0, 0.05) is 12.3 Å². The summed E-state index contributed by atoms with van der Waals surface area (Å²) in [5.41, 5.74) is 3.26. The standard InChI is InChI=1S/C42H58N2O6Si/c1-10-24-48-33-22-20-30(21-23-33)25-32(39(46)44-38-34-19-15-14-18-31(34)27-36(38)45)28-37(50-51(8,9)42(5,6)7)35(26-29-16-12-11-13-17-29)43-40(47)49-41(2,3)4/h10-23,32,35-38,45H,1,24-28H2,2-9H3,(H,43,47)(H,44,46)/t32-,35+,36-,37+,38+/m1/s1. The summed E-state index contributed by atoms with van der Waals surface area (Å²) in [4.78, 5) is 28.0. The summed E-state index contributed by atoms with van der Waals surface area (Å²) in [6.07, 6.45) is 1.60. The van der Waals surface area contributed by atoms with Crippen molar-refractivity contribution in [1.29, 1.82) is 0 Å². The van der Waals surface area contributed by atoms with E-state index in [4.69, 9.17) is 13.9 Å². The lowest BCUT2D eigenvalue weighted by atomic mass is 9.88. The molecule has 0 radical (unpaired) electrons. The minimum atomic E-state index is -2.44. The Hall–Kier alpha value is -3.92. The second-order valence-electron chi connectivity index (χ2n) is 16.2. The van der Waals surface area contributed by atoms with Crippen molar-refractivity contribution in [2.24, 2.45) is 5.92 Å². The molecule has 0 saturated carbocycles.